The first-order chi connectivity index (χ1) is 14.1. The number of imide groups is 1. The van der Waals surface area contributed by atoms with Gasteiger partial charge < -0.3 is 14.5 Å². The zero-order valence-corrected chi connectivity index (χ0v) is 16.9. The van der Waals surface area contributed by atoms with E-state index in [1.165, 1.54) is 0 Å². The number of hydrogen-bond acceptors (Lipinski definition) is 5. The number of carbonyl (C=O) groups excluding carboxylic acids is 2. The Morgan fingerprint density at radius 2 is 1.48 bits per heavy atom. The van der Waals surface area contributed by atoms with Gasteiger partial charge in [-0.3, -0.25) is 9.59 Å². The fourth-order valence-electron chi connectivity index (χ4n) is 3.58. The zero-order valence-electron chi connectivity index (χ0n) is 16.2. The first-order valence-corrected chi connectivity index (χ1v) is 10.0. The van der Waals surface area contributed by atoms with E-state index in [-0.39, 0.29) is 10.9 Å². The van der Waals surface area contributed by atoms with E-state index in [1.807, 2.05) is 35.2 Å². The third kappa shape index (κ3) is 3.86. The van der Waals surface area contributed by atoms with Crippen LogP contribution in [0, 0.1) is 0 Å². The second-order valence-electron chi connectivity index (χ2n) is 6.94. The molecule has 2 aliphatic rings. The Balaban J connectivity index is 1.50. The van der Waals surface area contributed by atoms with Crippen molar-refractivity contribution in [3.05, 3.63) is 65.3 Å². The molecule has 4 rings (SSSR count). The van der Waals surface area contributed by atoms with Gasteiger partial charge in [0.25, 0.3) is 11.8 Å². The summed E-state index contributed by atoms with van der Waals surface area (Å²) >= 11 is 6.30. The van der Waals surface area contributed by atoms with Crippen molar-refractivity contribution in [3.63, 3.8) is 0 Å². The van der Waals surface area contributed by atoms with Crippen LogP contribution < -0.4 is 9.64 Å². The normalized spacial score (nSPS) is 18.0. The van der Waals surface area contributed by atoms with Gasteiger partial charge in [-0.2, -0.15) is 0 Å². The minimum atomic E-state index is -0.485. The van der Waals surface area contributed by atoms with E-state index >= 15 is 0 Å². The summed E-state index contributed by atoms with van der Waals surface area (Å²) in [7, 11) is 0. The third-order valence-corrected chi connectivity index (χ3v) is 5.55. The van der Waals surface area contributed by atoms with Crippen molar-refractivity contribution >= 4 is 29.1 Å². The molecule has 6 nitrogen and oxygen atoms in total. The summed E-state index contributed by atoms with van der Waals surface area (Å²) in [5.41, 5.74) is 0.776. The van der Waals surface area contributed by atoms with Crippen LogP contribution in [-0.2, 0) is 9.59 Å². The maximum absolute atomic E-state index is 13.0. The predicted octanol–water partition coefficient (Wildman–Crippen LogP) is 3.44. The molecule has 150 valence electrons. The van der Waals surface area contributed by atoms with Gasteiger partial charge in [-0.15, -0.1) is 0 Å². The molecule has 0 atom stereocenters. The van der Waals surface area contributed by atoms with E-state index < -0.39 is 5.91 Å². The number of nitrogens with zero attached hydrogens (tertiary/aromatic N) is 3. The number of ether oxygens (including phenoxy) is 1. The monoisotopic (exact) mass is 411 g/mol. The lowest BCUT2D eigenvalue weighted by Gasteiger charge is -2.35. The number of anilines is 1. The van der Waals surface area contributed by atoms with Crippen LogP contribution in [-0.4, -0.2) is 54.3 Å². The molecule has 1 saturated heterocycles. The Labute approximate surface area is 174 Å². The van der Waals surface area contributed by atoms with Crippen LogP contribution >= 0.6 is 11.6 Å². The minimum absolute atomic E-state index is 0.00967. The van der Waals surface area contributed by atoms with Gasteiger partial charge in [-0.25, -0.2) is 4.90 Å². The molecule has 0 unspecified atom stereocenters. The molecule has 2 amide bonds. The molecular weight excluding hydrogens is 390 g/mol. The zero-order chi connectivity index (χ0) is 20.4. The lowest BCUT2D eigenvalue weighted by molar-refractivity contribution is -0.121. The number of para-hydroxylation sites is 1. The Hall–Kier alpha value is -2.83. The van der Waals surface area contributed by atoms with Crippen LogP contribution in [0.3, 0.4) is 0 Å². The molecule has 29 heavy (non-hydrogen) atoms. The van der Waals surface area contributed by atoms with Crippen LogP contribution in [0.5, 0.6) is 11.5 Å². The topological polar surface area (TPSA) is 53.1 Å². The van der Waals surface area contributed by atoms with Gasteiger partial charge >= 0.3 is 0 Å². The predicted molar refractivity (Wildman–Crippen MR) is 112 cm³/mol. The van der Waals surface area contributed by atoms with Gasteiger partial charge in [0.15, 0.2) is 0 Å². The summed E-state index contributed by atoms with van der Waals surface area (Å²) in [5, 5.41) is -0.00967. The average Bonchev–Trinajstić information content (AvgIpc) is 2.98. The van der Waals surface area contributed by atoms with Crippen molar-refractivity contribution in [3.8, 4) is 11.5 Å². The summed E-state index contributed by atoms with van der Waals surface area (Å²) in [6.07, 6.45) is 0. The van der Waals surface area contributed by atoms with E-state index in [0.29, 0.717) is 36.0 Å². The molecule has 0 spiro atoms. The summed E-state index contributed by atoms with van der Waals surface area (Å²) in [5.74, 6) is 0.476. The fraction of sp³-hybridized carbons (Fsp3) is 0.273. The number of halogens is 1. The maximum atomic E-state index is 13.0. The Morgan fingerprint density at radius 1 is 0.862 bits per heavy atom. The van der Waals surface area contributed by atoms with Crippen LogP contribution in [0.25, 0.3) is 0 Å². The second-order valence-corrected chi connectivity index (χ2v) is 7.32. The summed E-state index contributed by atoms with van der Waals surface area (Å²) in [6.45, 7) is 6.12. The highest BCUT2D eigenvalue weighted by molar-refractivity contribution is 6.52. The second kappa shape index (κ2) is 8.27. The molecule has 2 aromatic carbocycles. The number of likely N-dealkylation sites (N-methyl/N-ethyl adjacent to an activating group) is 1. The fourth-order valence-corrected chi connectivity index (χ4v) is 3.86. The molecule has 0 aliphatic carbocycles. The highest BCUT2D eigenvalue weighted by Crippen LogP contribution is 2.33. The Morgan fingerprint density at radius 3 is 2.10 bits per heavy atom. The summed E-state index contributed by atoms with van der Waals surface area (Å²) in [6, 6.07) is 16.2. The van der Waals surface area contributed by atoms with Crippen molar-refractivity contribution in [2.75, 3.05) is 37.6 Å². The highest BCUT2D eigenvalue weighted by Gasteiger charge is 2.41. The van der Waals surface area contributed by atoms with E-state index in [0.717, 1.165) is 24.5 Å². The van der Waals surface area contributed by atoms with Crippen molar-refractivity contribution in [1.29, 1.82) is 0 Å². The molecule has 7 heteroatoms. The molecule has 1 fully saturated rings. The largest absolute Gasteiger partial charge is 0.457 e. The summed E-state index contributed by atoms with van der Waals surface area (Å²) in [4.78, 5) is 31.1. The molecule has 0 N–H and O–H groups in total. The van der Waals surface area contributed by atoms with E-state index in [1.54, 1.807) is 24.3 Å². The standard InChI is InChI=1S/C22H22ClN3O3/c1-2-24-12-14-25(15-13-24)20-19(23)21(27)26(22(20)28)16-8-10-18(11-9-16)29-17-6-4-3-5-7-17/h3-11H,2,12-15H2,1H3. The SMILES string of the molecule is CCN1CCN(C2=C(Cl)C(=O)N(c3ccc(Oc4ccccc4)cc3)C2=O)CC1. The Bertz CT molecular complexity index is 936. The van der Waals surface area contributed by atoms with Crippen molar-refractivity contribution in [1.82, 2.24) is 9.80 Å². The van der Waals surface area contributed by atoms with Crippen molar-refractivity contribution in [2.24, 2.45) is 0 Å². The maximum Gasteiger partial charge on any atom is 0.283 e. The number of amides is 2. The Kier molecular flexibility index (Phi) is 5.56. The van der Waals surface area contributed by atoms with Crippen LogP contribution in [0.1, 0.15) is 6.92 Å². The smallest absolute Gasteiger partial charge is 0.283 e. The van der Waals surface area contributed by atoms with Gasteiger partial charge in [-0.1, -0.05) is 36.7 Å². The molecule has 0 bridgehead atoms. The first kappa shape index (κ1) is 19.5. The lowest BCUT2D eigenvalue weighted by atomic mass is 10.2. The number of piperazine rings is 1. The van der Waals surface area contributed by atoms with Gasteiger partial charge in [-0.05, 0) is 42.9 Å². The van der Waals surface area contributed by atoms with E-state index in [9.17, 15) is 9.59 Å². The van der Waals surface area contributed by atoms with Crippen molar-refractivity contribution in [2.45, 2.75) is 6.92 Å². The van der Waals surface area contributed by atoms with Crippen LogP contribution in [0.4, 0.5) is 5.69 Å². The lowest BCUT2D eigenvalue weighted by Crippen LogP contribution is -2.47. The van der Waals surface area contributed by atoms with E-state index in [2.05, 4.69) is 11.8 Å². The van der Waals surface area contributed by atoms with Gasteiger partial charge in [0.1, 0.15) is 22.2 Å². The third-order valence-electron chi connectivity index (χ3n) is 5.21. The molecule has 2 heterocycles. The van der Waals surface area contributed by atoms with Gasteiger partial charge in [0.2, 0.25) is 0 Å². The van der Waals surface area contributed by atoms with Crippen LogP contribution in [0.2, 0.25) is 0 Å². The first-order valence-electron chi connectivity index (χ1n) is 9.67. The quantitative estimate of drug-likeness (QED) is 0.705. The molecule has 0 saturated carbocycles. The number of carbonyl (C=O) groups is 2. The summed E-state index contributed by atoms with van der Waals surface area (Å²) < 4.78 is 5.77. The van der Waals surface area contributed by atoms with Crippen molar-refractivity contribution < 1.29 is 14.3 Å². The number of benzene rings is 2. The molecular formula is C22H22ClN3O3. The van der Waals surface area contributed by atoms with Gasteiger partial charge in [0.05, 0.1) is 5.69 Å². The molecule has 0 aromatic heterocycles. The minimum Gasteiger partial charge on any atom is -0.457 e. The van der Waals surface area contributed by atoms with Gasteiger partial charge in [0, 0.05) is 26.2 Å². The van der Waals surface area contributed by atoms with E-state index in [4.69, 9.17) is 16.3 Å². The molecule has 0 radical (unpaired) electrons. The number of hydrogen-bond donors (Lipinski definition) is 0. The van der Waals surface area contributed by atoms with Crippen LogP contribution in [0.15, 0.2) is 65.3 Å². The molecule has 2 aliphatic heterocycles. The average molecular weight is 412 g/mol. The number of rotatable bonds is 5. The highest BCUT2D eigenvalue weighted by atomic mass is 35.5. The molecule has 2 aromatic rings.